The second-order valence-corrected chi connectivity index (χ2v) is 10.1. The zero-order valence-electron chi connectivity index (χ0n) is 20.5. The summed E-state index contributed by atoms with van der Waals surface area (Å²) in [6, 6.07) is 9.95. The van der Waals surface area contributed by atoms with Crippen molar-refractivity contribution in [1.29, 1.82) is 0 Å². The van der Waals surface area contributed by atoms with Crippen LogP contribution in [0.5, 0.6) is 0 Å². The van der Waals surface area contributed by atoms with Crippen LogP contribution in [0.15, 0.2) is 42.5 Å². The summed E-state index contributed by atoms with van der Waals surface area (Å²) in [6.45, 7) is 9.98. The lowest BCUT2D eigenvalue weighted by Gasteiger charge is -2.52. The third kappa shape index (κ3) is 7.73. The topological polar surface area (TPSA) is 91.3 Å². The van der Waals surface area contributed by atoms with Crippen molar-refractivity contribution in [1.82, 2.24) is 0 Å². The minimum atomic E-state index is -1.08. The fourth-order valence-electron chi connectivity index (χ4n) is 5.01. The van der Waals surface area contributed by atoms with Crippen molar-refractivity contribution in [2.45, 2.75) is 95.6 Å². The van der Waals surface area contributed by atoms with E-state index in [4.69, 9.17) is 18.9 Å². The third-order valence-corrected chi connectivity index (χ3v) is 6.51. The van der Waals surface area contributed by atoms with Gasteiger partial charge in [-0.3, -0.25) is 4.79 Å². The number of rotatable bonds is 10. The summed E-state index contributed by atoms with van der Waals surface area (Å²) in [5.74, 6) is -1.73. The molecule has 2 saturated heterocycles. The molecular formula is C27H38O7. The summed E-state index contributed by atoms with van der Waals surface area (Å²) in [5, 5.41) is 11.1. The Bertz CT molecular complexity index is 837. The van der Waals surface area contributed by atoms with Crippen LogP contribution in [0.25, 0.3) is 0 Å². The highest BCUT2D eigenvalue weighted by molar-refractivity contribution is 5.66. The number of hydrogen-bond donors (Lipinski definition) is 1. The molecule has 2 aliphatic rings. The van der Waals surface area contributed by atoms with Gasteiger partial charge in [0.15, 0.2) is 5.79 Å². The van der Waals surface area contributed by atoms with Gasteiger partial charge < -0.3 is 28.8 Å². The van der Waals surface area contributed by atoms with E-state index in [2.05, 4.69) is 6.58 Å². The minimum Gasteiger partial charge on any atom is -0.462 e. The van der Waals surface area contributed by atoms with Crippen molar-refractivity contribution < 1.29 is 33.6 Å². The molecule has 0 saturated carbocycles. The summed E-state index contributed by atoms with van der Waals surface area (Å²) in [4.78, 5) is 22.9. The van der Waals surface area contributed by atoms with Crippen molar-refractivity contribution in [3.63, 3.8) is 0 Å². The van der Waals surface area contributed by atoms with E-state index in [0.29, 0.717) is 45.3 Å². The lowest BCUT2D eigenvalue weighted by Crippen LogP contribution is -2.58. The third-order valence-electron chi connectivity index (χ3n) is 6.51. The van der Waals surface area contributed by atoms with E-state index in [0.717, 1.165) is 17.4 Å². The number of hydrogen-bond acceptors (Lipinski definition) is 7. The van der Waals surface area contributed by atoms with Crippen LogP contribution in [-0.2, 0) is 35.1 Å². The molecule has 3 rings (SSSR count). The molecule has 1 N–H and O–H groups in total. The molecule has 1 aromatic rings. The van der Waals surface area contributed by atoms with E-state index in [1.165, 1.54) is 6.92 Å². The maximum atomic E-state index is 11.7. The lowest BCUT2D eigenvalue weighted by molar-refractivity contribution is -0.350. The van der Waals surface area contributed by atoms with Crippen molar-refractivity contribution >= 4 is 12.3 Å². The fraction of sp³-hybridized carbons (Fsp3) is 0.630. The summed E-state index contributed by atoms with van der Waals surface area (Å²) in [7, 11) is 0. The maximum Gasteiger partial charge on any atom is 0.302 e. The van der Waals surface area contributed by atoms with Crippen molar-refractivity contribution in [3.05, 3.63) is 48.0 Å². The van der Waals surface area contributed by atoms with Gasteiger partial charge in [0.25, 0.3) is 0 Å². The van der Waals surface area contributed by atoms with Gasteiger partial charge in [0.05, 0.1) is 24.4 Å². The second kappa shape index (κ2) is 11.6. The van der Waals surface area contributed by atoms with Crippen LogP contribution in [0.1, 0.15) is 64.9 Å². The number of benzene rings is 1. The molecule has 0 bridgehead atoms. The number of carbonyl (C=O) groups excluding carboxylic acids is 2. The summed E-state index contributed by atoms with van der Waals surface area (Å²) in [6.07, 6.45) is 2.50. The molecule has 34 heavy (non-hydrogen) atoms. The van der Waals surface area contributed by atoms with Crippen LogP contribution in [-0.4, -0.2) is 53.7 Å². The number of carbonyl (C=O) groups is 2. The molecule has 0 radical (unpaired) electrons. The van der Waals surface area contributed by atoms with Crippen LogP contribution in [0, 0.1) is 5.92 Å². The van der Waals surface area contributed by atoms with E-state index in [9.17, 15) is 14.7 Å². The largest absolute Gasteiger partial charge is 0.462 e. The van der Waals surface area contributed by atoms with Gasteiger partial charge in [0, 0.05) is 45.1 Å². The van der Waals surface area contributed by atoms with Gasteiger partial charge in [-0.15, -0.1) is 0 Å². The first-order valence-electron chi connectivity index (χ1n) is 12.1. The molecule has 2 fully saturated rings. The molecule has 2 aliphatic heterocycles. The Hall–Kier alpha value is -2.06. The smallest absolute Gasteiger partial charge is 0.302 e. The van der Waals surface area contributed by atoms with Gasteiger partial charge in [-0.2, -0.15) is 0 Å². The Morgan fingerprint density at radius 3 is 2.65 bits per heavy atom. The van der Waals surface area contributed by atoms with Gasteiger partial charge in [0.2, 0.25) is 0 Å². The molecule has 0 aromatic heterocycles. The summed E-state index contributed by atoms with van der Waals surface area (Å²) >= 11 is 0. The molecule has 0 unspecified atom stereocenters. The predicted octanol–water partition coefficient (Wildman–Crippen LogP) is 4.11. The van der Waals surface area contributed by atoms with Crippen molar-refractivity contribution in [2.24, 2.45) is 5.92 Å². The molecule has 0 aliphatic carbocycles. The minimum absolute atomic E-state index is 0.250. The van der Waals surface area contributed by atoms with E-state index in [1.807, 2.05) is 30.3 Å². The molecule has 7 heteroatoms. The molecule has 7 nitrogen and oxygen atoms in total. The predicted molar refractivity (Wildman–Crippen MR) is 127 cm³/mol. The molecule has 1 aromatic carbocycles. The van der Waals surface area contributed by atoms with Gasteiger partial charge in [0.1, 0.15) is 12.4 Å². The Morgan fingerprint density at radius 2 is 1.97 bits per heavy atom. The molecule has 188 valence electrons. The molecular weight excluding hydrogens is 436 g/mol. The standard InChI is InChI=1S/C27H38O7/c1-19(20(2)16-28)12-25-14-26(4,30)18-27(34-25)15-24(32-21(3)29)13-23(33-27)10-11-31-17-22-8-6-5-7-9-22/h5-9,16,20,23-25,30H,1,10-15,17-18H2,2-4H3/t20-,23-,24-,25-,26-,27-/m0/s1. The maximum absolute atomic E-state index is 11.7. The van der Waals surface area contributed by atoms with E-state index < -0.39 is 11.4 Å². The van der Waals surface area contributed by atoms with Crippen molar-refractivity contribution in [2.75, 3.05) is 6.61 Å². The fourth-order valence-corrected chi connectivity index (χ4v) is 5.01. The van der Waals surface area contributed by atoms with E-state index in [-0.39, 0.29) is 36.6 Å². The molecule has 2 heterocycles. The van der Waals surface area contributed by atoms with Gasteiger partial charge in [-0.25, -0.2) is 0 Å². The molecule has 6 atom stereocenters. The second-order valence-electron chi connectivity index (χ2n) is 10.1. The zero-order valence-corrected chi connectivity index (χ0v) is 20.5. The summed E-state index contributed by atoms with van der Waals surface area (Å²) in [5.41, 5.74) is 0.826. The average Bonchev–Trinajstić information content (AvgIpc) is 2.74. The highest BCUT2D eigenvalue weighted by atomic mass is 16.7. The van der Waals surface area contributed by atoms with Crippen LogP contribution < -0.4 is 0 Å². The Balaban J connectivity index is 1.68. The van der Waals surface area contributed by atoms with Crippen LogP contribution >= 0.6 is 0 Å². The monoisotopic (exact) mass is 474 g/mol. The lowest BCUT2D eigenvalue weighted by atomic mass is 9.80. The first-order valence-corrected chi connectivity index (χ1v) is 12.1. The Kier molecular flexibility index (Phi) is 9.04. The highest BCUT2D eigenvalue weighted by Gasteiger charge is 2.52. The van der Waals surface area contributed by atoms with Gasteiger partial charge in [-0.05, 0) is 25.3 Å². The van der Waals surface area contributed by atoms with Crippen molar-refractivity contribution in [3.8, 4) is 0 Å². The number of ether oxygens (including phenoxy) is 4. The first-order chi connectivity index (χ1) is 16.1. The average molecular weight is 475 g/mol. The molecule has 1 spiro atoms. The van der Waals surface area contributed by atoms with Gasteiger partial charge in [-0.1, -0.05) is 49.4 Å². The van der Waals surface area contributed by atoms with E-state index >= 15 is 0 Å². The van der Waals surface area contributed by atoms with Crippen LogP contribution in [0.3, 0.4) is 0 Å². The SMILES string of the molecule is C=C(C[C@H]1C[C@](C)(O)C[C@]2(C[C@@H](OC(C)=O)C[C@H](CCOCc3ccccc3)O2)O1)[C@@H](C)C=O. The van der Waals surface area contributed by atoms with Crippen LogP contribution in [0.4, 0.5) is 0 Å². The number of aldehydes is 1. The zero-order chi connectivity index (χ0) is 24.8. The Labute approximate surface area is 202 Å². The quantitative estimate of drug-likeness (QED) is 0.236. The molecule has 0 amide bonds. The normalized spacial score (nSPS) is 32.2. The highest BCUT2D eigenvalue weighted by Crippen LogP contribution is 2.45. The first kappa shape index (κ1) is 26.5. The van der Waals surface area contributed by atoms with Crippen LogP contribution in [0.2, 0.25) is 0 Å². The number of esters is 1. The number of aliphatic hydroxyl groups is 1. The van der Waals surface area contributed by atoms with Gasteiger partial charge >= 0.3 is 5.97 Å². The Morgan fingerprint density at radius 1 is 1.26 bits per heavy atom. The summed E-state index contributed by atoms with van der Waals surface area (Å²) < 4.78 is 24.3. The van der Waals surface area contributed by atoms with E-state index in [1.54, 1.807) is 13.8 Å².